The molecule has 2 rings (SSSR count). The molecule has 0 aliphatic heterocycles. The number of nitrogens with one attached hydrogen (secondary N) is 1. The van der Waals surface area contributed by atoms with Crippen molar-refractivity contribution in [3.63, 3.8) is 0 Å². The zero-order valence-electron chi connectivity index (χ0n) is 13.6. The summed E-state index contributed by atoms with van der Waals surface area (Å²) in [5.74, 6) is -0.132. The quantitative estimate of drug-likeness (QED) is 0.517. The van der Waals surface area contributed by atoms with E-state index in [2.05, 4.69) is 15.3 Å². The molecule has 23 heavy (non-hydrogen) atoms. The number of aromatic nitrogens is 2. The Kier molecular flexibility index (Phi) is 5.50. The van der Waals surface area contributed by atoms with E-state index >= 15 is 0 Å². The molecule has 0 bridgehead atoms. The minimum absolute atomic E-state index is 0.00114. The average Bonchev–Trinajstić information content (AvgIpc) is 2.46. The van der Waals surface area contributed by atoms with Crippen LogP contribution in [0.2, 0.25) is 0 Å². The second-order valence-electron chi connectivity index (χ2n) is 5.32. The van der Waals surface area contributed by atoms with Crippen molar-refractivity contribution in [3.8, 4) is 0 Å². The maximum atomic E-state index is 12.3. The summed E-state index contributed by atoms with van der Waals surface area (Å²) in [6.07, 6.45) is 0. The lowest BCUT2D eigenvalue weighted by molar-refractivity contribution is -0.115. The zero-order chi connectivity index (χ0) is 17.0. The predicted octanol–water partition coefficient (Wildman–Crippen LogP) is 3.42. The monoisotopic (exact) mass is 329 g/mol. The highest BCUT2D eigenvalue weighted by molar-refractivity contribution is 8.00. The fourth-order valence-electron chi connectivity index (χ4n) is 1.99. The van der Waals surface area contributed by atoms with Gasteiger partial charge < -0.3 is 5.32 Å². The van der Waals surface area contributed by atoms with Gasteiger partial charge in [-0.25, -0.2) is 9.97 Å². The van der Waals surface area contributed by atoms with E-state index in [-0.39, 0.29) is 16.9 Å². The van der Waals surface area contributed by atoms with Crippen molar-refractivity contribution in [2.24, 2.45) is 0 Å². The highest BCUT2D eigenvalue weighted by Gasteiger charge is 2.16. The molecule has 0 saturated carbocycles. The molecule has 120 valence electrons. The molecule has 1 heterocycles. The second-order valence-corrected chi connectivity index (χ2v) is 6.62. The third kappa shape index (κ3) is 4.89. The Morgan fingerprint density at radius 3 is 2.17 bits per heavy atom. The smallest absolute Gasteiger partial charge is 0.237 e. The Hall–Kier alpha value is -2.21. The summed E-state index contributed by atoms with van der Waals surface area (Å²) in [5, 5.41) is 3.10. The zero-order valence-corrected chi connectivity index (χ0v) is 14.4. The van der Waals surface area contributed by atoms with Crippen LogP contribution in [0.25, 0.3) is 0 Å². The third-order valence-electron chi connectivity index (χ3n) is 3.17. The number of anilines is 1. The minimum Gasteiger partial charge on any atom is -0.325 e. The first-order chi connectivity index (χ1) is 10.8. The molecule has 1 aromatic heterocycles. The van der Waals surface area contributed by atoms with Crippen LogP contribution in [0.5, 0.6) is 0 Å². The van der Waals surface area contributed by atoms with Crippen molar-refractivity contribution in [2.45, 2.75) is 38.1 Å². The Bertz CT molecular complexity index is 709. The summed E-state index contributed by atoms with van der Waals surface area (Å²) >= 11 is 1.32. The van der Waals surface area contributed by atoms with Crippen LogP contribution in [0, 0.1) is 13.8 Å². The topological polar surface area (TPSA) is 72.0 Å². The fourth-order valence-corrected chi connectivity index (χ4v) is 2.87. The van der Waals surface area contributed by atoms with Crippen LogP contribution in [0.15, 0.2) is 35.5 Å². The van der Waals surface area contributed by atoms with Gasteiger partial charge >= 0.3 is 0 Å². The molecular formula is C17H19N3O2S. The molecule has 0 aliphatic carbocycles. The van der Waals surface area contributed by atoms with Gasteiger partial charge in [0.1, 0.15) is 0 Å². The van der Waals surface area contributed by atoms with Crippen molar-refractivity contribution in [1.29, 1.82) is 0 Å². The molecule has 0 spiro atoms. The lowest BCUT2D eigenvalue weighted by atomic mass is 10.1. The van der Waals surface area contributed by atoms with Crippen LogP contribution in [-0.2, 0) is 4.79 Å². The SMILES string of the molecule is CC(=O)c1ccc(NC(=O)[C@@H](C)Sc2nc(C)cc(C)n2)cc1. The van der Waals surface area contributed by atoms with E-state index in [4.69, 9.17) is 0 Å². The van der Waals surface area contributed by atoms with Gasteiger partial charge in [0.2, 0.25) is 5.91 Å². The molecule has 0 radical (unpaired) electrons. The highest BCUT2D eigenvalue weighted by Crippen LogP contribution is 2.21. The molecule has 0 aliphatic rings. The third-order valence-corrected chi connectivity index (χ3v) is 4.13. The van der Waals surface area contributed by atoms with E-state index in [9.17, 15) is 9.59 Å². The molecule has 5 nitrogen and oxygen atoms in total. The van der Waals surface area contributed by atoms with E-state index < -0.39 is 0 Å². The summed E-state index contributed by atoms with van der Waals surface area (Å²) in [6.45, 7) is 7.13. The molecule has 1 N–H and O–H groups in total. The first-order valence-corrected chi connectivity index (χ1v) is 8.14. The number of thioether (sulfide) groups is 1. The maximum absolute atomic E-state index is 12.3. The largest absolute Gasteiger partial charge is 0.325 e. The van der Waals surface area contributed by atoms with Crippen molar-refractivity contribution >= 4 is 29.1 Å². The number of benzene rings is 1. The van der Waals surface area contributed by atoms with Crippen molar-refractivity contribution in [3.05, 3.63) is 47.3 Å². The number of aryl methyl sites for hydroxylation is 2. The normalized spacial score (nSPS) is 11.8. The Balaban J connectivity index is 2.00. The number of rotatable bonds is 5. The lowest BCUT2D eigenvalue weighted by Crippen LogP contribution is -2.22. The van der Waals surface area contributed by atoms with Crippen molar-refractivity contribution in [1.82, 2.24) is 9.97 Å². The summed E-state index contributed by atoms with van der Waals surface area (Å²) in [5.41, 5.74) is 3.04. The van der Waals surface area contributed by atoms with E-state index in [1.54, 1.807) is 24.3 Å². The summed E-state index contributed by atoms with van der Waals surface area (Å²) in [6, 6.07) is 8.73. The number of Topliss-reactive ketones (excluding diaryl/α,β-unsaturated/α-hetero) is 1. The predicted molar refractivity (Wildman–Crippen MR) is 91.9 cm³/mol. The fraction of sp³-hybridized carbons (Fsp3) is 0.294. The van der Waals surface area contributed by atoms with Gasteiger partial charge in [-0.3, -0.25) is 9.59 Å². The van der Waals surface area contributed by atoms with Crippen LogP contribution in [-0.4, -0.2) is 26.9 Å². The van der Waals surface area contributed by atoms with Gasteiger partial charge in [-0.05, 0) is 58.0 Å². The van der Waals surface area contributed by atoms with Crippen LogP contribution in [0.4, 0.5) is 5.69 Å². The molecular weight excluding hydrogens is 310 g/mol. The number of ketones is 1. The standard InChI is InChI=1S/C17H19N3O2S/c1-10-9-11(2)19-17(18-10)23-13(4)16(22)20-15-7-5-14(6-8-15)12(3)21/h5-9,13H,1-4H3,(H,20,22)/t13-/m1/s1. The van der Waals surface area contributed by atoms with Crippen LogP contribution >= 0.6 is 11.8 Å². The highest BCUT2D eigenvalue weighted by atomic mass is 32.2. The van der Waals surface area contributed by atoms with Gasteiger partial charge in [0.15, 0.2) is 10.9 Å². The molecule has 1 amide bonds. The van der Waals surface area contributed by atoms with Crippen molar-refractivity contribution in [2.75, 3.05) is 5.32 Å². The summed E-state index contributed by atoms with van der Waals surface area (Å²) in [4.78, 5) is 32.1. The van der Waals surface area contributed by atoms with E-state index in [0.29, 0.717) is 16.4 Å². The number of carbonyl (C=O) groups is 2. The van der Waals surface area contributed by atoms with E-state index in [1.807, 2.05) is 26.8 Å². The molecule has 2 aromatic rings. The first-order valence-electron chi connectivity index (χ1n) is 7.26. The van der Waals surface area contributed by atoms with Crippen LogP contribution < -0.4 is 5.32 Å². The van der Waals surface area contributed by atoms with Crippen LogP contribution in [0.3, 0.4) is 0 Å². The number of hydrogen-bond donors (Lipinski definition) is 1. The van der Waals surface area contributed by atoms with Crippen molar-refractivity contribution < 1.29 is 9.59 Å². The summed E-state index contributed by atoms with van der Waals surface area (Å²) in [7, 11) is 0. The number of hydrogen-bond acceptors (Lipinski definition) is 5. The molecule has 6 heteroatoms. The number of nitrogens with zero attached hydrogens (tertiary/aromatic N) is 2. The van der Waals surface area contributed by atoms with Gasteiger partial charge in [0.05, 0.1) is 5.25 Å². The Labute approximate surface area is 139 Å². The summed E-state index contributed by atoms with van der Waals surface area (Å²) < 4.78 is 0. The molecule has 0 unspecified atom stereocenters. The molecule has 1 atom stereocenters. The first kappa shape index (κ1) is 17.1. The maximum Gasteiger partial charge on any atom is 0.237 e. The average molecular weight is 329 g/mol. The van der Waals surface area contributed by atoms with Gasteiger partial charge in [-0.1, -0.05) is 11.8 Å². The van der Waals surface area contributed by atoms with Crippen LogP contribution in [0.1, 0.15) is 35.6 Å². The lowest BCUT2D eigenvalue weighted by Gasteiger charge is -2.12. The van der Waals surface area contributed by atoms with Gasteiger partial charge in [0, 0.05) is 22.6 Å². The second kappa shape index (κ2) is 7.37. The van der Waals surface area contributed by atoms with Gasteiger partial charge in [-0.15, -0.1) is 0 Å². The Morgan fingerprint density at radius 2 is 1.65 bits per heavy atom. The Morgan fingerprint density at radius 1 is 1.09 bits per heavy atom. The molecule has 1 aromatic carbocycles. The van der Waals surface area contributed by atoms with E-state index in [1.165, 1.54) is 18.7 Å². The number of amides is 1. The van der Waals surface area contributed by atoms with Gasteiger partial charge in [0.25, 0.3) is 0 Å². The molecule has 0 saturated heterocycles. The number of carbonyl (C=O) groups excluding carboxylic acids is 2. The van der Waals surface area contributed by atoms with Gasteiger partial charge in [-0.2, -0.15) is 0 Å². The minimum atomic E-state index is -0.330. The molecule has 0 fully saturated rings. The van der Waals surface area contributed by atoms with E-state index in [0.717, 1.165) is 11.4 Å².